The van der Waals surface area contributed by atoms with Crippen LogP contribution in [0.15, 0.2) is 17.1 Å². The molecule has 0 aromatic heterocycles. The van der Waals surface area contributed by atoms with Crippen molar-refractivity contribution in [3.8, 4) is 0 Å². The highest BCUT2D eigenvalue weighted by atomic mass is 127. The zero-order chi connectivity index (χ0) is 21.5. The Labute approximate surface area is 196 Å². The monoisotopic (exact) mass is 555 g/mol. The van der Waals surface area contributed by atoms with Crippen molar-refractivity contribution in [3.63, 3.8) is 0 Å². The number of imide groups is 1. The standard InChI is InChI=1S/C20H28F3N5O2.HI/c1-2-24-19(26-14-5-7-27(10-14)11-20(21,22)23)25-6-8-28-17(29)15-12-3-4-13(9-12)16(15)18(28)30;/h3-4,12-16H,2,5-11H2,1H3,(H2,24,25,26);1H. The molecule has 2 N–H and O–H groups in total. The third-order valence-electron chi connectivity index (χ3n) is 6.52. The number of hydrogen-bond acceptors (Lipinski definition) is 4. The summed E-state index contributed by atoms with van der Waals surface area (Å²) in [5.74, 6) is 0.276. The van der Waals surface area contributed by atoms with E-state index in [2.05, 4.69) is 27.8 Å². The summed E-state index contributed by atoms with van der Waals surface area (Å²) in [6.45, 7) is 2.76. The molecule has 2 bridgehead atoms. The molecule has 3 fully saturated rings. The van der Waals surface area contributed by atoms with Gasteiger partial charge in [-0.05, 0) is 31.6 Å². The van der Waals surface area contributed by atoms with Gasteiger partial charge in [-0.3, -0.25) is 24.4 Å². The van der Waals surface area contributed by atoms with Crippen molar-refractivity contribution in [2.24, 2.45) is 28.7 Å². The lowest BCUT2D eigenvalue weighted by Crippen LogP contribution is -2.45. The van der Waals surface area contributed by atoms with E-state index in [-0.39, 0.29) is 78.6 Å². The Morgan fingerprint density at radius 2 is 1.84 bits per heavy atom. The fraction of sp³-hybridized carbons (Fsp3) is 0.750. The quantitative estimate of drug-likeness (QED) is 0.171. The Kier molecular flexibility index (Phi) is 7.54. The van der Waals surface area contributed by atoms with Crippen LogP contribution in [0.5, 0.6) is 0 Å². The Morgan fingerprint density at radius 1 is 1.19 bits per heavy atom. The van der Waals surface area contributed by atoms with Crippen LogP contribution in [0.25, 0.3) is 0 Å². The van der Waals surface area contributed by atoms with E-state index in [1.807, 2.05) is 6.92 Å². The zero-order valence-electron chi connectivity index (χ0n) is 17.4. The normalized spacial score (nSPS) is 32.6. The number of likely N-dealkylation sites (tertiary alicyclic amines) is 2. The minimum atomic E-state index is -4.20. The van der Waals surface area contributed by atoms with Gasteiger partial charge in [0.05, 0.1) is 24.9 Å². The number of carbonyl (C=O) groups is 2. The maximum atomic E-state index is 12.7. The first-order valence-electron chi connectivity index (χ1n) is 10.6. The molecule has 174 valence electrons. The number of carbonyl (C=O) groups excluding carboxylic acids is 2. The minimum absolute atomic E-state index is 0. The maximum Gasteiger partial charge on any atom is 0.401 e. The second kappa shape index (κ2) is 9.63. The maximum absolute atomic E-state index is 12.7. The van der Waals surface area contributed by atoms with Crippen molar-refractivity contribution in [1.29, 1.82) is 0 Å². The molecule has 5 unspecified atom stereocenters. The molecule has 11 heteroatoms. The number of nitrogens with one attached hydrogen (secondary N) is 2. The highest BCUT2D eigenvalue weighted by Gasteiger charge is 2.58. The Morgan fingerprint density at radius 3 is 2.42 bits per heavy atom. The molecule has 0 radical (unpaired) electrons. The first-order chi connectivity index (χ1) is 14.3. The van der Waals surface area contributed by atoms with Crippen molar-refractivity contribution in [1.82, 2.24) is 20.4 Å². The predicted octanol–water partition coefficient (Wildman–Crippen LogP) is 1.60. The highest BCUT2D eigenvalue weighted by molar-refractivity contribution is 14.0. The van der Waals surface area contributed by atoms with Gasteiger partial charge in [-0.25, -0.2) is 0 Å². The van der Waals surface area contributed by atoms with Gasteiger partial charge in [-0.1, -0.05) is 12.2 Å². The summed E-state index contributed by atoms with van der Waals surface area (Å²) in [6.07, 6.45) is 1.43. The van der Waals surface area contributed by atoms with Gasteiger partial charge in [-0.15, -0.1) is 24.0 Å². The van der Waals surface area contributed by atoms with Crippen molar-refractivity contribution in [2.75, 3.05) is 39.3 Å². The Hall–Kier alpha value is -1.37. The van der Waals surface area contributed by atoms with E-state index in [0.29, 0.717) is 32.0 Å². The van der Waals surface area contributed by atoms with E-state index < -0.39 is 12.7 Å². The molecule has 31 heavy (non-hydrogen) atoms. The van der Waals surface area contributed by atoms with E-state index in [1.54, 1.807) is 0 Å². The van der Waals surface area contributed by atoms with Crippen molar-refractivity contribution in [2.45, 2.75) is 32.0 Å². The van der Waals surface area contributed by atoms with E-state index in [0.717, 1.165) is 6.42 Å². The fourth-order valence-electron chi connectivity index (χ4n) is 5.31. The molecule has 0 spiro atoms. The number of halogens is 4. The lowest BCUT2D eigenvalue weighted by Gasteiger charge is -2.20. The largest absolute Gasteiger partial charge is 0.401 e. The number of hydrogen-bond donors (Lipinski definition) is 2. The molecule has 4 rings (SSSR count). The number of alkyl halides is 3. The number of guanidine groups is 1. The highest BCUT2D eigenvalue weighted by Crippen LogP contribution is 2.52. The summed E-state index contributed by atoms with van der Waals surface area (Å²) in [7, 11) is 0. The summed E-state index contributed by atoms with van der Waals surface area (Å²) in [6, 6.07) is -0.124. The van der Waals surface area contributed by atoms with Crippen LogP contribution >= 0.6 is 24.0 Å². The molecule has 4 aliphatic rings. The molecule has 2 aliphatic heterocycles. The van der Waals surface area contributed by atoms with Crippen molar-refractivity contribution in [3.05, 3.63) is 12.2 Å². The number of rotatable bonds is 6. The number of nitrogens with zero attached hydrogens (tertiary/aromatic N) is 3. The number of aliphatic imine (C=N–C) groups is 1. The third-order valence-corrected chi connectivity index (χ3v) is 6.52. The first kappa shape index (κ1) is 24.3. The van der Waals surface area contributed by atoms with Crippen LogP contribution in [0.2, 0.25) is 0 Å². The van der Waals surface area contributed by atoms with Crippen LogP contribution in [-0.4, -0.2) is 79.1 Å². The predicted molar refractivity (Wildman–Crippen MR) is 120 cm³/mol. The SMILES string of the molecule is CCNC(=NCCN1C(=O)C2C3C=CC(C3)C2C1=O)NC1CCN(CC(F)(F)F)C1.I. The van der Waals surface area contributed by atoms with Crippen LogP contribution < -0.4 is 10.6 Å². The molecule has 5 atom stereocenters. The molecule has 1 saturated carbocycles. The molecular weight excluding hydrogens is 526 g/mol. The average molecular weight is 555 g/mol. The fourth-order valence-corrected chi connectivity index (χ4v) is 5.31. The van der Waals surface area contributed by atoms with Gasteiger partial charge in [0.15, 0.2) is 5.96 Å². The van der Waals surface area contributed by atoms with Crippen molar-refractivity contribution < 1.29 is 22.8 Å². The first-order valence-corrected chi connectivity index (χ1v) is 10.6. The summed E-state index contributed by atoms with van der Waals surface area (Å²) < 4.78 is 37.7. The third kappa shape index (κ3) is 5.18. The van der Waals surface area contributed by atoms with Gasteiger partial charge in [0.1, 0.15) is 0 Å². The van der Waals surface area contributed by atoms with Gasteiger partial charge < -0.3 is 10.6 Å². The summed E-state index contributed by atoms with van der Waals surface area (Å²) in [5, 5.41) is 6.26. The topological polar surface area (TPSA) is 77.0 Å². The number of allylic oxidation sites excluding steroid dienone is 2. The lowest BCUT2D eigenvalue weighted by molar-refractivity contribution is -0.144. The summed E-state index contributed by atoms with van der Waals surface area (Å²) in [4.78, 5) is 32.6. The summed E-state index contributed by atoms with van der Waals surface area (Å²) >= 11 is 0. The smallest absolute Gasteiger partial charge is 0.357 e. The van der Waals surface area contributed by atoms with Gasteiger partial charge >= 0.3 is 6.18 Å². The van der Waals surface area contributed by atoms with E-state index >= 15 is 0 Å². The van der Waals surface area contributed by atoms with Gasteiger partial charge in [0.2, 0.25) is 11.8 Å². The van der Waals surface area contributed by atoms with Crippen molar-refractivity contribution >= 4 is 41.8 Å². The molecule has 7 nitrogen and oxygen atoms in total. The molecule has 0 aromatic carbocycles. The Balaban J connectivity index is 0.00000272. The molecule has 0 aromatic rings. The number of amides is 2. The summed E-state index contributed by atoms with van der Waals surface area (Å²) in [5.41, 5.74) is 0. The average Bonchev–Trinajstić information content (AvgIpc) is 3.42. The molecule has 2 aliphatic carbocycles. The van der Waals surface area contributed by atoms with Crippen LogP contribution in [0.1, 0.15) is 19.8 Å². The van der Waals surface area contributed by atoms with E-state index in [9.17, 15) is 22.8 Å². The molecule has 2 heterocycles. The van der Waals surface area contributed by atoms with Crippen LogP contribution in [0.3, 0.4) is 0 Å². The number of fused-ring (bicyclic) bond motifs is 5. The second-order valence-corrected chi connectivity index (χ2v) is 8.57. The zero-order valence-corrected chi connectivity index (χ0v) is 19.7. The Bertz CT molecular complexity index is 730. The van der Waals surface area contributed by atoms with Gasteiger partial charge in [-0.2, -0.15) is 13.2 Å². The van der Waals surface area contributed by atoms with Crippen LogP contribution in [0, 0.1) is 23.7 Å². The van der Waals surface area contributed by atoms with E-state index in [1.165, 1.54) is 9.80 Å². The van der Waals surface area contributed by atoms with E-state index in [4.69, 9.17) is 0 Å². The lowest BCUT2D eigenvalue weighted by atomic mass is 9.85. The van der Waals surface area contributed by atoms with Gasteiger partial charge in [0.25, 0.3) is 0 Å². The molecule has 2 saturated heterocycles. The van der Waals surface area contributed by atoms with Gasteiger partial charge in [0, 0.05) is 32.2 Å². The molecular formula is C20H29F3IN5O2. The minimum Gasteiger partial charge on any atom is -0.357 e. The molecule has 2 amide bonds. The van der Waals surface area contributed by atoms with Crippen LogP contribution in [0.4, 0.5) is 13.2 Å². The van der Waals surface area contributed by atoms with Crippen LogP contribution in [-0.2, 0) is 9.59 Å². The second-order valence-electron chi connectivity index (χ2n) is 8.57.